The smallest absolute Gasteiger partial charge is 0.226 e. The monoisotopic (exact) mass is 224 g/mol. The second-order valence-corrected chi connectivity index (χ2v) is 3.76. The van der Waals surface area contributed by atoms with E-state index < -0.39 is 0 Å². The number of nitrogens with two attached hydrogens (primary N) is 1. The van der Waals surface area contributed by atoms with E-state index in [1.54, 1.807) is 24.1 Å². The van der Waals surface area contributed by atoms with Gasteiger partial charge in [-0.15, -0.1) is 0 Å². The maximum Gasteiger partial charge on any atom is 0.226 e. The first kappa shape index (κ1) is 12.6. The number of carbonyl (C=O) groups excluding carboxylic acids is 1. The molecule has 1 aromatic rings. The van der Waals surface area contributed by atoms with Gasteiger partial charge in [0.2, 0.25) is 5.91 Å². The Kier molecular flexibility index (Phi) is 4.92. The molecule has 1 aromatic carbocycles. The van der Waals surface area contributed by atoms with Gasteiger partial charge in [0, 0.05) is 13.6 Å². The van der Waals surface area contributed by atoms with Crippen LogP contribution >= 0.6 is 0 Å². The fraction of sp³-hybridized carbons (Fsp3) is 0.417. The highest BCUT2D eigenvalue weighted by Gasteiger charge is 2.09. The summed E-state index contributed by atoms with van der Waals surface area (Å²) in [7, 11) is 1.73. The summed E-state index contributed by atoms with van der Waals surface area (Å²) in [4.78, 5) is 13.3. The van der Waals surface area contributed by atoms with Crippen molar-refractivity contribution in [2.24, 2.45) is 5.73 Å². The molecule has 0 atom stereocenters. The summed E-state index contributed by atoms with van der Waals surface area (Å²) in [5.41, 5.74) is 6.06. The summed E-state index contributed by atoms with van der Waals surface area (Å²) >= 11 is 0. The highest BCUT2D eigenvalue weighted by Crippen LogP contribution is 2.05. The van der Waals surface area contributed by atoms with Crippen LogP contribution in [0.15, 0.2) is 24.3 Å². The zero-order valence-corrected chi connectivity index (χ0v) is 9.45. The maximum absolute atomic E-state index is 12.9. The Morgan fingerprint density at radius 2 is 2.25 bits per heavy atom. The van der Waals surface area contributed by atoms with E-state index in [9.17, 15) is 9.18 Å². The lowest BCUT2D eigenvalue weighted by Gasteiger charge is -2.16. The molecule has 0 fully saturated rings. The first-order valence-electron chi connectivity index (χ1n) is 5.32. The van der Waals surface area contributed by atoms with Crippen LogP contribution in [0.2, 0.25) is 0 Å². The van der Waals surface area contributed by atoms with E-state index in [1.807, 2.05) is 0 Å². The van der Waals surface area contributed by atoms with Crippen molar-refractivity contribution in [1.82, 2.24) is 4.90 Å². The number of nitrogens with zero attached hydrogens (tertiary/aromatic N) is 1. The molecule has 1 amide bonds. The number of amides is 1. The molecule has 0 radical (unpaired) electrons. The SMILES string of the molecule is CN(CCCN)C(=O)Cc1cccc(F)c1. The zero-order valence-electron chi connectivity index (χ0n) is 9.45. The minimum atomic E-state index is -0.310. The molecule has 0 saturated carbocycles. The van der Waals surface area contributed by atoms with Gasteiger partial charge in [-0.25, -0.2) is 4.39 Å². The van der Waals surface area contributed by atoms with Gasteiger partial charge in [0.1, 0.15) is 5.82 Å². The van der Waals surface area contributed by atoms with Crippen molar-refractivity contribution in [1.29, 1.82) is 0 Å². The predicted molar refractivity (Wildman–Crippen MR) is 61.4 cm³/mol. The highest BCUT2D eigenvalue weighted by atomic mass is 19.1. The Hall–Kier alpha value is -1.42. The lowest BCUT2D eigenvalue weighted by Crippen LogP contribution is -2.30. The summed E-state index contributed by atoms with van der Waals surface area (Å²) in [6.07, 6.45) is 1.02. The van der Waals surface area contributed by atoms with Crippen LogP contribution in [0.1, 0.15) is 12.0 Å². The molecule has 0 saturated heterocycles. The predicted octanol–water partition coefficient (Wildman–Crippen LogP) is 1.18. The van der Waals surface area contributed by atoms with Crippen LogP contribution in [0.4, 0.5) is 4.39 Å². The number of benzene rings is 1. The van der Waals surface area contributed by atoms with Crippen molar-refractivity contribution in [3.05, 3.63) is 35.6 Å². The van der Waals surface area contributed by atoms with Gasteiger partial charge in [-0.05, 0) is 30.7 Å². The van der Waals surface area contributed by atoms with Gasteiger partial charge in [0.05, 0.1) is 6.42 Å². The molecule has 1 rings (SSSR count). The second kappa shape index (κ2) is 6.23. The van der Waals surface area contributed by atoms with Crippen LogP contribution in [0.5, 0.6) is 0 Å². The Balaban J connectivity index is 2.50. The van der Waals surface area contributed by atoms with Crippen molar-refractivity contribution in [3.8, 4) is 0 Å². The molecule has 88 valence electrons. The molecular weight excluding hydrogens is 207 g/mol. The summed E-state index contributed by atoms with van der Waals surface area (Å²) in [6.45, 7) is 1.21. The number of hydrogen-bond donors (Lipinski definition) is 1. The number of likely N-dealkylation sites (N-methyl/N-ethyl adjacent to an activating group) is 1. The van der Waals surface area contributed by atoms with Crippen LogP contribution in [-0.4, -0.2) is 30.9 Å². The Labute approximate surface area is 95.0 Å². The van der Waals surface area contributed by atoms with Gasteiger partial charge in [-0.3, -0.25) is 4.79 Å². The van der Waals surface area contributed by atoms with Gasteiger partial charge >= 0.3 is 0 Å². The summed E-state index contributed by atoms with van der Waals surface area (Å²) in [5, 5.41) is 0. The Morgan fingerprint density at radius 3 is 2.88 bits per heavy atom. The van der Waals surface area contributed by atoms with E-state index in [4.69, 9.17) is 5.73 Å². The van der Waals surface area contributed by atoms with E-state index in [0.29, 0.717) is 18.7 Å². The minimum Gasteiger partial charge on any atom is -0.345 e. The summed E-state index contributed by atoms with van der Waals surface area (Å²) < 4.78 is 12.9. The van der Waals surface area contributed by atoms with E-state index >= 15 is 0 Å². The van der Waals surface area contributed by atoms with Gasteiger partial charge in [0.25, 0.3) is 0 Å². The molecule has 0 heterocycles. The van der Waals surface area contributed by atoms with Crippen LogP contribution in [0, 0.1) is 5.82 Å². The molecule has 0 aliphatic carbocycles. The number of hydrogen-bond acceptors (Lipinski definition) is 2. The number of rotatable bonds is 5. The minimum absolute atomic E-state index is 0.0148. The third-order valence-electron chi connectivity index (χ3n) is 2.37. The van der Waals surface area contributed by atoms with E-state index in [1.165, 1.54) is 12.1 Å². The number of carbonyl (C=O) groups is 1. The average Bonchev–Trinajstić information content (AvgIpc) is 2.25. The summed E-state index contributed by atoms with van der Waals surface area (Å²) in [6, 6.07) is 6.11. The van der Waals surface area contributed by atoms with Crippen molar-refractivity contribution < 1.29 is 9.18 Å². The topological polar surface area (TPSA) is 46.3 Å². The van der Waals surface area contributed by atoms with Gasteiger partial charge in [-0.2, -0.15) is 0 Å². The first-order valence-corrected chi connectivity index (χ1v) is 5.32. The standard InChI is InChI=1S/C12H17FN2O/c1-15(7-3-6-14)12(16)9-10-4-2-5-11(13)8-10/h2,4-5,8H,3,6-7,9,14H2,1H3. The average molecular weight is 224 g/mol. The third kappa shape index (κ3) is 3.98. The zero-order chi connectivity index (χ0) is 12.0. The van der Waals surface area contributed by atoms with Crippen molar-refractivity contribution in [3.63, 3.8) is 0 Å². The maximum atomic E-state index is 12.9. The van der Waals surface area contributed by atoms with Gasteiger partial charge in [0.15, 0.2) is 0 Å². The molecule has 4 heteroatoms. The second-order valence-electron chi connectivity index (χ2n) is 3.76. The van der Waals surface area contributed by atoms with Crippen LogP contribution in [0.25, 0.3) is 0 Å². The molecule has 0 bridgehead atoms. The molecular formula is C12H17FN2O. The lowest BCUT2D eigenvalue weighted by atomic mass is 10.1. The van der Waals surface area contributed by atoms with Crippen LogP contribution < -0.4 is 5.73 Å². The van der Waals surface area contributed by atoms with Crippen molar-refractivity contribution in [2.45, 2.75) is 12.8 Å². The van der Waals surface area contributed by atoms with Crippen molar-refractivity contribution in [2.75, 3.05) is 20.1 Å². The Morgan fingerprint density at radius 1 is 1.50 bits per heavy atom. The van der Waals surface area contributed by atoms with Crippen LogP contribution in [-0.2, 0) is 11.2 Å². The normalized spacial score (nSPS) is 10.2. The molecule has 3 nitrogen and oxygen atoms in total. The first-order chi connectivity index (χ1) is 7.63. The molecule has 16 heavy (non-hydrogen) atoms. The molecule has 0 aromatic heterocycles. The van der Waals surface area contributed by atoms with Gasteiger partial charge < -0.3 is 10.6 Å². The van der Waals surface area contributed by atoms with Crippen molar-refractivity contribution >= 4 is 5.91 Å². The summed E-state index contributed by atoms with van der Waals surface area (Å²) in [5.74, 6) is -0.325. The lowest BCUT2D eigenvalue weighted by molar-refractivity contribution is -0.129. The van der Waals surface area contributed by atoms with E-state index in [-0.39, 0.29) is 18.1 Å². The molecule has 0 aliphatic rings. The quantitative estimate of drug-likeness (QED) is 0.816. The molecule has 0 spiro atoms. The van der Waals surface area contributed by atoms with E-state index in [0.717, 1.165) is 6.42 Å². The third-order valence-corrected chi connectivity index (χ3v) is 2.37. The number of halogens is 1. The molecule has 0 unspecified atom stereocenters. The molecule has 0 aliphatic heterocycles. The Bertz CT molecular complexity index is 355. The molecule has 2 N–H and O–H groups in total. The highest BCUT2D eigenvalue weighted by molar-refractivity contribution is 5.78. The fourth-order valence-electron chi connectivity index (χ4n) is 1.41. The largest absolute Gasteiger partial charge is 0.345 e. The van der Waals surface area contributed by atoms with Crippen LogP contribution in [0.3, 0.4) is 0 Å². The fourth-order valence-corrected chi connectivity index (χ4v) is 1.41. The van der Waals surface area contributed by atoms with Gasteiger partial charge in [-0.1, -0.05) is 12.1 Å². The van der Waals surface area contributed by atoms with E-state index in [2.05, 4.69) is 0 Å².